The van der Waals surface area contributed by atoms with E-state index in [1.165, 1.54) is 15.1 Å². The molecule has 4 rings (SSSR count). The number of nitrogens with zero attached hydrogens (tertiary/aromatic N) is 2. The van der Waals surface area contributed by atoms with E-state index in [0.29, 0.717) is 5.15 Å². The van der Waals surface area contributed by atoms with Crippen LogP contribution in [-0.4, -0.2) is 35.9 Å². The number of halogens is 1. The van der Waals surface area contributed by atoms with Gasteiger partial charge in [0.05, 0.1) is 15.9 Å². The van der Waals surface area contributed by atoms with Crippen molar-refractivity contribution in [1.29, 1.82) is 0 Å². The van der Waals surface area contributed by atoms with E-state index in [-0.39, 0.29) is 11.9 Å². The van der Waals surface area contributed by atoms with Gasteiger partial charge in [0, 0.05) is 43.2 Å². The van der Waals surface area contributed by atoms with Crippen LogP contribution < -0.4 is 11.1 Å². The minimum absolute atomic E-state index is 0.102. The Balaban J connectivity index is 0.000000187. The van der Waals surface area contributed by atoms with Crippen LogP contribution in [0.4, 0.5) is 5.69 Å². The quantitative estimate of drug-likeness (QED) is 0.506. The molecule has 30 heavy (non-hydrogen) atoms. The Morgan fingerprint density at radius 3 is 2.87 bits per heavy atom. The van der Waals surface area contributed by atoms with Crippen LogP contribution in [0, 0.1) is 6.92 Å². The maximum atomic E-state index is 11.4. The molecule has 0 aliphatic heterocycles. The number of nitrogens with one attached hydrogen (secondary N) is 1. The molecule has 0 fully saturated rings. The normalized spacial score (nSPS) is 15.9. The van der Waals surface area contributed by atoms with Gasteiger partial charge in [0.15, 0.2) is 0 Å². The molecule has 3 aromatic rings. The van der Waals surface area contributed by atoms with Crippen LogP contribution in [0.5, 0.6) is 0 Å². The number of amides is 1. The summed E-state index contributed by atoms with van der Waals surface area (Å²) in [6.07, 6.45) is 4.68. The van der Waals surface area contributed by atoms with Gasteiger partial charge in [0.25, 0.3) is 0 Å². The summed E-state index contributed by atoms with van der Waals surface area (Å²) in [6, 6.07) is 6.26. The highest BCUT2D eigenvalue weighted by atomic mass is 35.5. The number of carbonyl (C=O) groups is 1. The zero-order valence-electron chi connectivity index (χ0n) is 17.4. The number of anilines is 1. The number of nitrogens with two attached hydrogens (primary N) is 1. The van der Waals surface area contributed by atoms with Crippen molar-refractivity contribution in [2.24, 2.45) is 5.73 Å². The predicted octanol–water partition coefficient (Wildman–Crippen LogP) is 5.44. The van der Waals surface area contributed by atoms with E-state index in [1.807, 2.05) is 12.1 Å². The van der Waals surface area contributed by atoms with Crippen LogP contribution in [0.1, 0.15) is 29.7 Å². The fraction of sp³-hybridized carbons (Fsp3) is 0.364. The van der Waals surface area contributed by atoms with Gasteiger partial charge in [-0.15, -0.1) is 22.7 Å². The van der Waals surface area contributed by atoms with E-state index in [0.717, 1.165) is 42.6 Å². The zero-order chi connectivity index (χ0) is 21.7. The summed E-state index contributed by atoms with van der Waals surface area (Å²) >= 11 is 9.52. The summed E-state index contributed by atoms with van der Waals surface area (Å²) < 4.78 is 1.17. The first-order valence-electron chi connectivity index (χ1n) is 9.82. The molecule has 3 heterocycles. The number of carbonyl (C=O) groups excluding carboxylic acids is 1. The number of fused-ring (bicyclic) bond motifs is 1. The number of thiophene rings is 2. The second kappa shape index (κ2) is 10.4. The average Bonchev–Trinajstić information content (AvgIpc) is 3.36. The second-order valence-corrected chi connectivity index (χ2v) is 9.79. The summed E-state index contributed by atoms with van der Waals surface area (Å²) in [4.78, 5) is 18.7. The third-order valence-corrected chi connectivity index (χ3v) is 6.98. The van der Waals surface area contributed by atoms with Gasteiger partial charge in [-0.05, 0) is 48.6 Å². The molecule has 1 aliphatic carbocycles. The molecule has 1 amide bonds. The van der Waals surface area contributed by atoms with E-state index in [9.17, 15) is 4.79 Å². The van der Waals surface area contributed by atoms with Gasteiger partial charge in [-0.2, -0.15) is 0 Å². The Bertz CT molecular complexity index is 1030. The average molecular weight is 463 g/mol. The molecule has 8 heteroatoms. The Hall–Kier alpha value is -1.93. The maximum absolute atomic E-state index is 11.4. The van der Waals surface area contributed by atoms with Gasteiger partial charge in [-0.1, -0.05) is 23.7 Å². The van der Waals surface area contributed by atoms with Crippen molar-refractivity contribution < 1.29 is 4.79 Å². The third-order valence-electron chi connectivity index (χ3n) is 4.79. The lowest BCUT2D eigenvalue weighted by atomic mass is 9.95. The number of pyridine rings is 1. The lowest BCUT2D eigenvalue weighted by molar-refractivity contribution is -0.125. The van der Waals surface area contributed by atoms with Crippen LogP contribution in [0.15, 0.2) is 40.6 Å². The highest BCUT2D eigenvalue weighted by Gasteiger charge is 2.18. The molecule has 3 aromatic heterocycles. The first kappa shape index (κ1) is 22.7. The van der Waals surface area contributed by atoms with Gasteiger partial charge in [-0.3, -0.25) is 4.79 Å². The Kier molecular flexibility index (Phi) is 7.88. The fourth-order valence-corrected chi connectivity index (χ4v) is 5.04. The first-order valence-corrected chi connectivity index (χ1v) is 12.0. The van der Waals surface area contributed by atoms with Crippen molar-refractivity contribution >= 4 is 56.1 Å². The molecule has 160 valence electrons. The van der Waals surface area contributed by atoms with E-state index >= 15 is 0 Å². The minimum Gasteiger partial charge on any atom is -0.379 e. The molecular weight excluding hydrogens is 436 g/mol. The number of hydrogen-bond donors (Lipinski definition) is 2. The summed E-state index contributed by atoms with van der Waals surface area (Å²) in [5.74, 6) is 0.102. The Morgan fingerprint density at radius 1 is 1.40 bits per heavy atom. The zero-order valence-corrected chi connectivity index (χ0v) is 19.8. The lowest BCUT2D eigenvalue weighted by Crippen LogP contribution is -2.30. The lowest BCUT2D eigenvalue weighted by Gasteiger charge is -2.20. The molecule has 1 unspecified atom stereocenters. The number of allylic oxidation sites excluding steroid dienone is 1. The van der Waals surface area contributed by atoms with Gasteiger partial charge in [-0.25, -0.2) is 4.98 Å². The molecule has 0 aromatic carbocycles. The molecule has 0 saturated carbocycles. The van der Waals surface area contributed by atoms with Crippen molar-refractivity contribution in [2.45, 2.75) is 38.8 Å². The van der Waals surface area contributed by atoms with E-state index in [2.05, 4.69) is 40.1 Å². The van der Waals surface area contributed by atoms with Crippen molar-refractivity contribution in [1.82, 2.24) is 9.88 Å². The molecule has 0 saturated heterocycles. The summed E-state index contributed by atoms with van der Waals surface area (Å²) in [5, 5.41) is 8.18. The van der Waals surface area contributed by atoms with Crippen LogP contribution in [0.2, 0.25) is 5.15 Å². The SMILES string of the molecule is CN(C)C(=O)C1=CCCC(N)C1.Cc1csc2c(NCc3cccs3)cc(Cl)nc12. The highest BCUT2D eigenvalue weighted by Crippen LogP contribution is 2.33. The molecular formula is C22H27ClN4OS2. The Labute approximate surface area is 190 Å². The number of aryl methyl sites for hydroxylation is 1. The molecule has 0 spiro atoms. The summed E-state index contributed by atoms with van der Waals surface area (Å²) in [6.45, 7) is 2.88. The number of likely N-dealkylation sites (N-methyl/N-ethyl adjacent to an activating group) is 1. The first-order chi connectivity index (χ1) is 14.3. The molecule has 0 bridgehead atoms. The highest BCUT2D eigenvalue weighted by molar-refractivity contribution is 7.18. The molecule has 5 nitrogen and oxygen atoms in total. The largest absolute Gasteiger partial charge is 0.379 e. The minimum atomic E-state index is 0.102. The van der Waals surface area contributed by atoms with Crippen LogP contribution in [-0.2, 0) is 11.3 Å². The van der Waals surface area contributed by atoms with Gasteiger partial charge < -0.3 is 16.0 Å². The second-order valence-electron chi connectivity index (χ2n) is 7.49. The summed E-state index contributed by atoms with van der Waals surface area (Å²) in [7, 11) is 3.53. The number of aromatic nitrogens is 1. The molecule has 3 N–H and O–H groups in total. The van der Waals surface area contributed by atoms with Gasteiger partial charge in [0.2, 0.25) is 5.91 Å². The van der Waals surface area contributed by atoms with Crippen LogP contribution in [0.3, 0.4) is 0 Å². The van der Waals surface area contributed by atoms with Crippen molar-refractivity contribution in [3.8, 4) is 0 Å². The topological polar surface area (TPSA) is 71.2 Å². The number of hydrogen-bond acceptors (Lipinski definition) is 6. The predicted molar refractivity (Wildman–Crippen MR) is 130 cm³/mol. The monoisotopic (exact) mass is 462 g/mol. The summed E-state index contributed by atoms with van der Waals surface area (Å²) in [5.41, 5.74) is 9.87. The van der Waals surface area contributed by atoms with Gasteiger partial charge in [0.1, 0.15) is 5.15 Å². The van der Waals surface area contributed by atoms with Crippen LogP contribution >= 0.6 is 34.3 Å². The third kappa shape index (κ3) is 5.82. The molecule has 1 atom stereocenters. The van der Waals surface area contributed by atoms with Crippen molar-refractivity contribution in [3.05, 3.63) is 56.2 Å². The van der Waals surface area contributed by atoms with E-state index in [1.54, 1.807) is 41.7 Å². The Morgan fingerprint density at radius 2 is 2.20 bits per heavy atom. The number of rotatable bonds is 4. The maximum Gasteiger partial charge on any atom is 0.248 e. The fourth-order valence-electron chi connectivity index (χ4n) is 3.22. The molecule has 1 aliphatic rings. The van der Waals surface area contributed by atoms with E-state index < -0.39 is 0 Å². The molecule has 0 radical (unpaired) electrons. The van der Waals surface area contributed by atoms with Crippen molar-refractivity contribution in [3.63, 3.8) is 0 Å². The standard InChI is InChI=1S/C13H11ClN2S2.C9H16N2O/c1-8-7-18-13-10(5-11(14)16-12(8)13)15-6-9-3-2-4-17-9;1-11(2)9(12)7-4-3-5-8(10)6-7/h2-5,7H,6H2,1H3,(H,15,16);4,8H,3,5-6,10H2,1-2H3. The van der Waals surface area contributed by atoms with E-state index in [4.69, 9.17) is 17.3 Å². The van der Waals surface area contributed by atoms with Crippen LogP contribution in [0.25, 0.3) is 10.2 Å². The van der Waals surface area contributed by atoms with Gasteiger partial charge >= 0.3 is 0 Å². The van der Waals surface area contributed by atoms with Crippen molar-refractivity contribution in [2.75, 3.05) is 19.4 Å². The smallest absolute Gasteiger partial charge is 0.248 e.